The average molecular weight is 529 g/mol. The van der Waals surface area contributed by atoms with Crippen molar-refractivity contribution < 1.29 is 4.21 Å². The third-order valence-electron chi connectivity index (χ3n) is 7.53. The van der Waals surface area contributed by atoms with E-state index in [4.69, 9.17) is 9.97 Å². The van der Waals surface area contributed by atoms with Crippen LogP contribution in [0.1, 0.15) is 37.3 Å². The van der Waals surface area contributed by atoms with Gasteiger partial charge in [0.15, 0.2) is 11.5 Å². The van der Waals surface area contributed by atoms with Crippen LogP contribution in [0.4, 0.5) is 23.1 Å². The number of benzene rings is 1. The van der Waals surface area contributed by atoms with Gasteiger partial charge in [-0.2, -0.15) is 9.35 Å². The first-order chi connectivity index (χ1) is 18.4. The Kier molecular flexibility index (Phi) is 5.63. The monoisotopic (exact) mass is 528 g/mol. The van der Waals surface area contributed by atoms with E-state index >= 15 is 0 Å². The molecule has 1 saturated carbocycles. The molecule has 2 aliphatic heterocycles. The molecule has 5 heterocycles. The van der Waals surface area contributed by atoms with E-state index in [-0.39, 0.29) is 0 Å². The molecule has 4 aromatic rings. The number of pyridine rings is 1. The number of anilines is 3. The Morgan fingerprint density at radius 1 is 1.00 bits per heavy atom. The van der Waals surface area contributed by atoms with Crippen LogP contribution in [-0.2, 0) is 9.73 Å². The smallest absolute Gasteiger partial charge is 0.229 e. The molecule has 3 aliphatic rings. The highest BCUT2D eigenvalue weighted by Gasteiger charge is 2.32. The van der Waals surface area contributed by atoms with Crippen molar-refractivity contribution in [2.75, 3.05) is 35.8 Å². The minimum atomic E-state index is -2.31. The maximum atomic E-state index is 12.3. The van der Waals surface area contributed by atoms with E-state index in [2.05, 4.69) is 59.8 Å². The van der Waals surface area contributed by atoms with Gasteiger partial charge in [-0.25, -0.2) is 14.2 Å². The van der Waals surface area contributed by atoms with Gasteiger partial charge in [-0.1, -0.05) is 6.07 Å². The molecule has 10 heteroatoms. The quantitative estimate of drug-likeness (QED) is 0.373. The number of nitrogens with zero attached hydrogens (tertiary/aromatic N) is 6. The Bertz CT molecular complexity index is 1610. The summed E-state index contributed by atoms with van der Waals surface area (Å²) < 4.78 is 18.7. The molecule has 1 aliphatic carbocycles. The fourth-order valence-corrected chi connectivity index (χ4v) is 6.25. The Hall–Kier alpha value is -3.50. The summed E-state index contributed by atoms with van der Waals surface area (Å²) >= 11 is 0. The second-order valence-electron chi connectivity index (χ2n) is 11.0. The fraction of sp³-hybridized carbons (Fsp3) is 0.393. The van der Waals surface area contributed by atoms with Gasteiger partial charge < -0.3 is 15.5 Å². The summed E-state index contributed by atoms with van der Waals surface area (Å²) in [7, 11) is -2.31. The number of hydrogen-bond donors (Lipinski definition) is 2. The van der Waals surface area contributed by atoms with Gasteiger partial charge in [0, 0.05) is 76.1 Å². The van der Waals surface area contributed by atoms with Crippen molar-refractivity contribution in [1.82, 2.24) is 24.8 Å². The van der Waals surface area contributed by atoms with Gasteiger partial charge in [0.2, 0.25) is 5.95 Å². The second kappa shape index (κ2) is 9.06. The van der Waals surface area contributed by atoms with Crippen molar-refractivity contribution in [3.63, 3.8) is 0 Å². The Labute approximate surface area is 222 Å². The lowest BCUT2D eigenvalue weighted by Crippen LogP contribution is -2.51. The van der Waals surface area contributed by atoms with Gasteiger partial charge in [-0.3, -0.25) is 4.57 Å². The summed E-state index contributed by atoms with van der Waals surface area (Å²) in [5, 5.41) is 8.06. The van der Waals surface area contributed by atoms with Gasteiger partial charge in [0.1, 0.15) is 5.82 Å². The molecule has 1 aromatic carbocycles. The molecule has 3 fully saturated rings. The van der Waals surface area contributed by atoms with E-state index in [1.165, 1.54) is 24.2 Å². The van der Waals surface area contributed by atoms with E-state index in [9.17, 15) is 4.21 Å². The lowest BCUT2D eigenvalue weighted by atomic mass is 10.2. The first-order valence-corrected chi connectivity index (χ1v) is 15.6. The zero-order chi connectivity index (χ0) is 25.9. The molecule has 0 spiro atoms. The average Bonchev–Trinajstić information content (AvgIpc) is 3.59. The third-order valence-corrected chi connectivity index (χ3v) is 8.16. The van der Waals surface area contributed by atoms with Crippen molar-refractivity contribution in [3.05, 3.63) is 60.4 Å². The Morgan fingerprint density at radius 3 is 2.47 bits per heavy atom. The molecular weight excluding hydrogens is 496 g/mol. The highest BCUT2D eigenvalue weighted by Crippen LogP contribution is 2.43. The maximum Gasteiger partial charge on any atom is 0.229 e. The molecule has 0 amide bonds. The molecular formula is C28H32N8OS. The molecule has 0 unspecified atom stereocenters. The molecule has 2 atom stereocenters. The fourth-order valence-electron chi connectivity index (χ4n) is 5.69. The molecule has 2 bridgehead atoms. The van der Waals surface area contributed by atoms with Gasteiger partial charge >= 0.3 is 0 Å². The number of piperazine rings is 1. The highest BCUT2D eigenvalue weighted by atomic mass is 32.2. The van der Waals surface area contributed by atoms with Crippen LogP contribution >= 0.6 is 0 Å². The molecule has 7 rings (SSSR count). The van der Waals surface area contributed by atoms with E-state index in [0.29, 0.717) is 29.8 Å². The van der Waals surface area contributed by atoms with Crippen LogP contribution in [-0.4, -0.2) is 61.4 Å². The SMILES string of the molecule is CS(C)(=O)=Nc1cccc(-n2c(C3CC3)cc3cnc(Nc4ccc(N5C[C@H]6CC[C@@H](C5)N6)cc4)nc32)n1. The van der Waals surface area contributed by atoms with Crippen LogP contribution in [0, 0.1) is 0 Å². The highest BCUT2D eigenvalue weighted by molar-refractivity contribution is 7.92. The van der Waals surface area contributed by atoms with Crippen molar-refractivity contribution in [2.45, 2.75) is 43.7 Å². The van der Waals surface area contributed by atoms with E-state index in [1.807, 2.05) is 18.3 Å². The number of fused-ring (bicyclic) bond motifs is 3. The van der Waals surface area contributed by atoms with Crippen LogP contribution in [0.25, 0.3) is 16.9 Å². The summed E-state index contributed by atoms with van der Waals surface area (Å²) in [5.74, 6) is 2.22. The predicted octanol–water partition coefficient (Wildman–Crippen LogP) is 4.74. The van der Waals surface area contributed by atoms with Crippen LogP contribution in [0.3, 0.4) is 0 Å². The zero-order valence-corrected chi connectivity index (χ0v) is 22.5. The first kappa shape index (κ1) is 23.6. The first-order valence-electron chi connectivity index (χ1n) is 13.3. The summed E-state index contributed by atoms with van der Waals surface area (Å²) in [6, 6.07) is 17.6. The standard InChI is InChI=1S/C28H32N8OS/c1-38(2,37)34-25-4-3-5-26(32-25)36-24(18-6-7-18)14-19-15-29-28(33-27(19)36)31-20-10-12-23(13-11-20)35-16-21-8-9-22(17-35)30-21/h3-5,10-15,18,21-22,30H,6-9,16-17H2,1-2H3,(H,29,31,33)/t21-,22+. The zero-order valence-electron chi connectivity index (χ0n) is 21.7. The summed E-state index contributed by atoms with van der Waals surface area (Å²) in [4.78, 5) is 16.7. The largest absolute Gasteiger partial charge is 0.368 e. The van der Waals surface area contributed by atoms with Crippen LogP contribution < -0.4 is 15.5 Å². The van der Waals surface area contributed by atoms with Crippen LogP contribution in [0.15, 0.2) is 59.1 Å². The normalized spacial score (nSPS) is 21.2. The summed E-state index contributed by atoms with van der Waals surface area (Å²) in [6.45, 7) is 2.14. The number of hydrogen-bond acceptors (Lipinski definition) is 8. The van der Waals surface area contributed by atoms with E-state index < -0.39 is 9.73 Å². The maximum absolute atomic E-state index is 12.3. The lowest BCUT2D eigenvalue weighted by Gasteiger charge is -2.34. The van der Waals surface area contributed by atoms with Gasteiger partial charge in [0.25, 0.3) is 0 Å². The van der Waals surface area contributed by atoms with E-state index in [0.717, 1.165) is 48.5 Å². The number of nitrogens with one attached hydrogen (secondary N) is 2. The molecule has 38 heavy (non-hydrogen) atoms. The van der Waals surface area contributed by atoms with Gasteiger partial charge in [-0.15, -0.1) is 0 Å². The molecule has 2 N–H and O–H groups in total. The number of rotatable bonds is 6. The molecule has 0 radical (unpaired) electrons. The Balaban J connectivity index is 1.19. The molecule has 2 saturated heterocycles. The van der Waals surface area contributed by atoms with Crippen molar-refractivity contribution >= 4 is 43.9 Å². The molecule has 9 nitrogen and oxygen atoms in total. The Morgan fingerprint density at radius 2 is 1.76 bits per heavy atom. The lowest BCUT2D eigenvalue weighted by molar-refractivity contribution is 0.466. The minimum absolute atomic E-state index is 0.464. The molecule has 196 valence electrons. The second-order valence-corrected chi connectivity index (χ2v) is 13.5. The van der Waals surface area contributed by atoms with Crippen molar-refractivity contribution in [2.24, 2.45) is 4.36 Å². The topological polar surface area (TPSA) is 100 Å². The van der Waals surface area contributed by atoms with E-state index in [1.54, 1.807) is 18.6 Å². The predicted molar refractivity (Wildman–Crippen MR) is 153 cm³/mol. The summed E-state index contributed by atoms with van der Waals surface area (Å²) in [5.41, 5.74) is 4.19. The number of aromatic nitrogens is 4. The van der Waals surface area contributed by atoms with Crippen molar-refractivity contribution in [3.8, 4) is 5.82 Å². The molecule has 3 aromatic heterocycles. The third kappa shape index (κ3) is 4.74. The van der Waals surface area contributed by atoms with Gasteiger partial charge in [0.05, 0.1) is 0 Å². The summed E-state index contributed by atoms with van der Waals surface area (Å²) in [6.07, 6.45) is 9.96. The van der Waals surface area contributed by atoms with Gasteiger partial charge in [-0.05, 0) is 74.1 Å². The van der Waals surface area contributed by atoms with Crippen LogP contribution in [0.2, 0.25) is 0 Å². The van der Waals surface area contributed by atoms with Crippen molar-refractivity contribution in [1.29, 1.82) is 0 Å². The van der Waals surface area contributed by atoms with Crippen LogP contribution in [0.5, 0.6) is 0 Å². The minimum Gasteiger partial charge on any atom is -0.368 e.